The Labute approximate surface area is 133 Å². The first-order valence-electron chi connectivity index (χ1n) is 7.16. The number of benzene rings is 2. The molecule has 1 N–H and O–H groups in total. The van der Waals surface area contributed by atoms with Gasteiger partial charge in [-0.15, -0.1) is 0 Å². The van der Waals surface area contributed by atoms with E-state index in [2.05, 4.69) is 5.32 Å². The second-order valence-electron chi connectivity index (χ2n) is 5.27. The predicted molar refractivity (Wildman–Crippen MR) is 86.8 cm³/mol. The first kappa shape index (κ1) is 14.9. The summed E-state index contributed by atoms with van der Waals surface area (Å²) in [5.41, 5.74) is 1.13. The first-order chi connectivity index (χ1) is 10.2. The van der Waals surface area contributed by atoms with E-state index in [1.807, 2.05) is 30.3 Å². The second-order valence-corrected chi connectivity index (χ2v) is 6.82. The van der Waals surface area contributed by atoms with Gasteiger partial charge in [-0.05, 0) is 73.8 Å². The fourth-order valence-electron chi connectivity index (χ4n) is 2.72. The van der Waals surface area contributed by atoms with Gasteiger partial charge >= 0.3 is 0 Å². The van der Waals surface area contributed by atoms with Gasteiger partial charge in [-0.3, -0.25) is 0 Å². The average molecular weight is 322 g/mol. The summed E-state index contributed by atoms with van der Waals surface area (Å²) in [5, 5.41) is 4.09. The Morgan fingerprint density at radius 2 is 1.90 bits per heavy atom. The molecule has 1 aliphatic rings. The second kappa shape index (κ2) is 6.82. The van der Waals surface area contributed by atoms with Gasteiger partial charge in [-0.1, -0.05) is 29.4 Å². The van der Waals surface area contributed by atoms with E-state index in [1.54, 1.807) is 17.8 Å². The van der Waals surface area contributed by atoms with Crippen LogP contribution in [0.15, 0.2) is 52.3 Å². The van der Waals surface area contributed by atoms with E-state index in [-0.39, 0.29) is 5.82 Å². The predicted octanol–water partition coefficient (Wildman–Crippen LogP) is 5.10. The minimum Gasteiger partial charge on any atom is -0.317 e. The molecule has 1 saturated heterocycles. The first-order valence-corrected chi connectivity index (χ1v) is 8.35. The van der Waals surface area contributed by atoms with Crippen LogP contribution in [0.2, 0.25) is 5.02 Å². The van der Waals surface area contributed by atoms with Gasteiger partial charge in [0.15, 0.2) is 0 Å². The molecule has 3 rings (SSSR count). The molecular weight excluding hydrogens is 305 g/mol. The van der Waals surface area contributed by atoms with Crippen molar-refractivity contribution in [2.24, 2.45) is 0 Å². The van der Waals surface area contributed by atoms with Crippen LogP contribution in [0.4, 0.5) is 4.39 Å². The van der Waals surface area contributed by atoms with Crippen molar-refractivity contribution >= 4 is 23.4 Å². The third-order valence-electron chi connectivity index (χ3n) is 3.77. The highest BCUT2D eigenvalue weighted by atomic mass is 35.5. The van der Waals surface area contributed by atoms with Gasteiger partial charge in [-0.2, -0.15) is 0 Å². The van der Waals surface area contributed by atoms with Crippen molar-refractivity contribution in [3.05, 3.63) is 58.9 Å². The molecule has 110 valence electrons. The molecule has 2 aromatic carbocycles. The largest absolute Gasteiger partial charge is 0.317 e. The van der Waals surface area contributed by atoms with Crippen LogP contribution in [-0.4, -0.2) is 13.1 Å². The van der Waals surface area contributed by atoms with Crippen molar-refractivity contribution in [3.63, 3.8) is 0 Å². The Balaban J connectivity index is 1.90. The topological polar surface area (TPSA) is 12.0 Å². The quantitative estimate of drug-likeness (QED) is 0.844. The van der Waals surface area contributed by atoms with Crippen molar-refractivity contribution in [3.8, 4) is 0 Å². The fourth-order valence-corrected chi connectivity index (χ4v) is 4.04. The minimum atomic E-state index is -0.154. The Bertz CT molecular complexity index is 626. The Hall–Kier alpha value is -1.03. The summed E-state index contributed by atoms with van der Waals surface area (Å²) < 4.78 is 13.7. The van der Waals surface area contributed by atoms with E-state index in [9.17, 15) is 4.39 Å². The molecule has 0 amide bonds. The van der Waals surface area contributed by atoms with Crippen LogP contribution in [0.25, 0.3) is 0 Å². The van der Waals surface area contributed by atoms with E-state index in [4.69, 9.17) is 11.6 Å². The summed E-state index contributed by atoms with van der Waals surface area (Å²) >= 11 is 7.70. The molecule has 1 nitrogen and oxygen atoms in total. The van der Waals surface area contributed by atoms with E-state index < -0.39 is 0 Å². The lowest BCUT2D eigenvalue weighted by atomic mass is 9.90. The molecule has 0 bridgehead atoms. The summed E-state index contributed by atoms with van der Waals surface area (Å²) in [6.45, 7) is 2.00. The minimum absolute atomic E-state index is 0.154. The van der Waals surface area contributed by atoms with Crippen LogP contribution in [0, 0.1) is 5.82 Å². The molecule has 21 heavy (non-hydrogen) atoms. The zero-order valence-electron chi connectivity index (χ0n) is 11.6. The van der Waals surface area contributed by atoms with Gasteiger partial charge in [0.2, 0.25) is 0 Å². The average Bonchev–Trinajstić information content (AvgIpc) is 2.50. The third kappa shape index (κ3) is 3.79. The Morgan fingerprint density at radius 1 is 1.10 bits per heavy atom. The van der Waals surface area contributed by atoms with Crippen LogP contribution in [0.1, 0.15) is 24.3 Å². The van der Waals surface area contributed by atoms with Crippen LogP contribution in [-0.2, 0) is 0 Å². The van der Waals surface area contributed by atoms with Crippen LogP contribution in [0.3, 0.4) is 0 Å². The molecule has 0 aliphatic carbocycles. The van der Waals surface area contributed by atoms with Gasteiger partial charge < -0.3 is 5.32 Å². The number of hydrogen-bond donors (Lipinski definition) is 1. The van der Waals surface area contributed by atoms with Gasteiger partial charge in [0.25, 0.3) is 0 Å². The zero-order valence-corrected chi connectivity index (χ0v) is 13.2. The molecule has 0 radical (unpaired) electrons. The molecule has 0 atom stereocenters. The van der Waals surface area contributed by atoms with Crippen LogP contribution < -0.4 is 5.32 Å². The third-order valence-corrected chi connectivity index (χ3v) is 5.09. The lowest BCUT2D eigenvalue weighted by Gasteiger charge is -2.25. The summed E-state index contributed by atoms with van der Waals surface area (Å²) in [6.07, 6.45) is 2.12. The maximum absolute atomic E-state index is 13.7. The number of piperidine rings is 1. The molecule has 0 aromatic heterocycles. The molecular formula is C17H17ClFNS. The molecule has 1 heterocycles. The van der Waals surface area contributed by atoms with Crippen molar-refractivity contribution in [1.82, 2.24) is 5.32 Å². The van der Waals surface area contributed by atoms with Crippen molar-refractivity contribution < 1.29 is 4.39 Å². The molecule has 1 aliphatic heterocycles. The Kier molecular flexibility index (Phi) is 4.84. The highest BCUT2D eigenvalue weighted by Crippen LogP contribution is 2.38. The van der Waals surface area contributed by atoms with E-state index in [0.717, 1.165) is 46.3 Å². The SMILES string of the molecule is Fc1ccc(Sc2cccc(Cl)c2)c(C2CCNCC2)c1. The van der Waals surface area contributed by atoms with E-state index in [1.165, 1.54) is 6.07 Å². The maximum Gasteiger partial charge on any atom is 0.123 e. The number of nitrogens with one attached hydrogen (secondary N) is 1. The maximum atomic E-state index is 13.7. The summed E-state index contributed by atoms with van der Waals surface area (Å²) in [6, 6.07) is 12.9. The number of halogens is 2. The molecule has 1 fully saturated rings. The summed E-state index contributed by atoms with van der Waals surface area (Å²) in [4.78, 5) is 2.22. The van der Waals surface area contributed by atoms with E-state index in [0.29, 0.717) is 5.92 Å². The van der Waals surface area contributed by atoms with Crippen molar-refractivity contribution in [2.45, 2.75) is 28.6 Å². The van der Waals surface area contributed by atoms with Crippen LogP contribution in [0.5, 0.6) is 0 Å². The smallest absolute Gasteiger partial charge is 0.123 e. The number of rotatable bonds is 3. The molecule has 0 saturated carbocycles. The van der Waals surface area contributed by atoms with Gasteiger partial charge in [0.1, 0.15) is 5.82 Å². The lowest BCUT2D eigenvalue weighted by Crippen LogP contribution is -2.26. The lowest BCUT2D eigenvalue weighted by molar-refractivity contribution is 0.454. The van der Waals surface area contributed by atoms with Crippen molar-refractivity contribution in [2.75, 3.05) is 13.1 Å². The van der Waals surface area contributed by atoms with E-state index >= 15 is 0 Å². The highest BCUT2D eigenvalue weighted by molar-refractivity contribution is 7.99. The highest BCUT2D eigenvalue weighted by Gasteiger charge is 2.19. The Morgan fingerprint density at radius 3 is 2.67 bits per heavy atom. The molecule has 2 aromatic rings. The van der Waals surface area contributed by atoms with Crippen molar-refractivity contribution in [1.29, 1.82) is 0 Å². The van der Waals surface area contributed by atoms with Gasteiger partial charge in [-0.25, -0.2) is 4.39 Å². The normalized spacial score (nSPS) is 16.1. The fraction of sp³-hybridized carbons (Fsp3) is 0.294. The number of hydrogen-bond acceptors (Lipinski definition) is 2. The molecule has 0 unspecified atom stereocenters. The standard InChI is InChI=1S/C17H17ClFNS/c18-13-2-1-3-15(10-13)21-17-5-4-14(19)11-16(17)12-6-8-20-9-7-12/h1-5,10-12,20H,6-9H2. The van der Waals surface area contributed by atoms with Gasteiger partial charge in [0, 0.05) is 14.8 Å². The molecule has 4 heteroatoms. The summed E-state index contributed by atoms with van der Waals surface area (Å²) in [5.74, 6) is 0.280. The van der Waals surface area contributed by atoms with Gasteiger partial charge in [0.05, 0.1) is 0 Å². The zero-order chi connectivity index (χ0) is 14.7. The monoisotopic (exact) mass is 321 g/mol. The summed E-state index contributed by atoms with van der Waals surface area (Å²) in [7, 11) is 0. The molecule has 0 spiro atoms. The van der Waals surface area contributed by atoms with Crippen LogP contribution >= 0.6 is 23.4 Å².